The largest absolute Gasteiger partial charge is 0.438 e. The van der Waals surface area contributed by atoms with E-state index in [4.69, 9.17) is 16.3 Å². The van der Waals surface area contributed by atoms with Crippen molar-refractivity contribution in [2.24, 2.45) is 0 Å². The maximum Gasteiger partial charge on any atom is 0.227 e. The van der Waals surface area contributed by atoms with Crippen molar-refractivity contribution in [2.75, 3.05) is 0 Å². The molecule has 0 atom stereocenters. The van der Waals surface area contributed by atoms with Gasteiger partial charge in [0, 0.05) is 4.47 Å². The van der Waals surface area contributed by atoms with Gasteiger partial charge in [-0.3, -0.25) is 0 Å². The van der Waals surface area contributed by atoms with Gasteiger partial charge in [-0.25, -0.2) is 9.97 Å². The minimum absolute atomic E-state index is 0.194. The lowest BCUT2D eigenvalue weighted by Gasteiger charge is -2.14. The van der Waals surface area contributed by atoms with Gasteiger partial charge >= 0.3 is 0 Å². The van der Waals surface area contributed by atoms with Crippen LogP contribution >= 0.6 is 27.5 Å². The van der Waals surface area contributed by atoms with Crippen molar-refractivity contribution in [3.05, 3.63) is 45.3 Å². The number of rotatable bonds is 3. The summed E-state index contributed by atoms with van der Waals surface area (Å²) in [7, 11) is 0. The van der Waals surface area contributed by atoms with Crippen molar-refractivity contribution in [1.82, 2.24) is 9.97 Å². The Morgan fingerprint density at radius 1 is 1.26 bits per heavy atom. The van der Waals surface area contributed by atoms with Gasteiger partial charge in [0.1, 0.15) is 17.2 Å². The van der Waals surface area contributed by atoms with Gasteiger partial charge in [0.25, 0.3) is 0 Å². The molecule has 2 aromatic rings. The molecule has 5 heteroatoms. The molecule has 0 aliphatic carbocycles. The highest BCUT2D eigenvalue weighted by molar-refractivity contribution is 9.10. The Balaban J connectivity index is 2.41. The molecule has 2 rings (SSSR count). The van der Waals surface area contributed by atoms with Crippen LogP contribution in [0, 0.1) is 6.92 Å². The Hall–Kier alpha value is -1.13. The van der Waals surface area contributed by atoms with Crippen LogP contribution < -0.4 is 4.74 Å². The summed E-state index contributed by atoms with van der Waals surface area (Å²) in [4.78, 5) is 8.20. The molecule has 0 aliphatic rings. The number of aryl methyl sites for hydroxylation is 1. The van der Waals surface area contributed by atoms with E-state index in [1.165, 1.54) is 6.33 Å². The second kappa shape index (κ2) is 5.88. The van der Waals surface area contributed by atoms with Crippen LogP contribution in [0.25, 0.3) is 0 Å². The molecular weight excluding hydrogens is 328 g/mol. The third-order valence-electron chi connectivity index (χ3n) is 2.72. The first-order valence-corrected chi connectivity index (χ1v) is 7.10. The summed E-state index contributed by atoms with van der Waals surface area (Å²) < 4.78 is 6.90. The molecule has 1 aromatic heterocycles. The maximum atomic E-state index is 6.12. The molecule has 0 N–H and O–H groups in total. The first-order valence-electron chi connectivity index (χ1n) is 5.93. The Kier molecular flexibility index (Phi) is 4.42. The first kappa shape index (κ1) is 14.3. The highest BCUT2D eigenvalue weighted by Crippen LogP contribution is 2.34. The predicted octanol–water partition coefficient (Wildman–Crippen LogP) is 5.12. The summed E-state index contributed by atoms with van der Waals surface area (Å²) in [5.74, 6) is 1.47. The topological polar surface area (TPSA) is 35.0 Å². The molecule has 0 saturated heterocycles. The lowest BCUT2D eigenvalue weighted by atomic mass is 10.1. The van der Waals surface area contributed by atoms with Gasteiger partial charge in [0.15, 0.2) is 0 Å². The summed E-state index contributed by atoms with van der Waals surface area (Å²) in [6.07, 6.45) is 1.41. The normalized spacial score (nSPS) is 10.8. The van der Waals surface area contributed by atoms with Crippen molar-refractivity contribution in [3.8, 4) is 11.6 Å². The number of hydrogen-bond acceptors (Lipinski definition) is 3. The molecule has 0 spiro atoms. The summed E-state index contributed by atoms with van der Waals surface area (Å²) in [6, 6.07) is 5.83. The van der Waals surface area contributed by atoms with E-state index in [1.807, 2.05) is 39.0 Å². The van der Waals surface area contributed by atoms with Gasteiger partial charge < -0.3 is 4.74 Å². The number of hydrogen-bond donors (Lipinski definition) is 0. The van der Waals surface area contributed by atoms with Gasteiger partial charge in [-0.2, -0.15) is 0 Å². The zero-order valence-corrected chi connectivity index (χ0v) is 13.3. The second-order valence-corrected chi connectivity index (χ2v) is 5.82. The van der Waals surface area contributed by atoms with E-state index in [9.17, 15) is 0 Å². The molecule has 0 saturated carbocycles. The maximum absolute atomic E-state index is 6.12. The minimum atomic E-state index is 0.194. The number of halogens is 2. The Labute approximate surface area is 126 Å². The van der Waals surface area contributed by atoms with E-state index < -0.39 is 0 Å². The van der Waals surface area contributed by atoms with Crippen LogP contribution in [0.1, 0.15) is 30.9 Å². The molecule has 0 radical (unpaired) electrons. The zero-order chi connectivity index (χ0) is 14.0. The minimum Gasteiger partial charge on any atom is -0.438 e. The van der Waals surface area contributed by atoms with Crippen LogP contribution in [0.4, 0.5) is 0 Å². The van der Waals surface area contributed by atoms with Crippen molar-refractivity contribution >= 4 is 27.5 Å². The molecule has 0 amide bonds. The average molecular weight is 342 g/mol. The molecule has 3 nitrogen and oxygen atoms in total. The summed E-state index contributed by atoms with van der Waals surface area (Å²) in [6.45, 7) is 6.05. The summed E-state index contributed by atoms with van der Waals surface area (Å²) in [5, 5.41) is 0.440. The van der Waals surface area contributed by atoms with Gasteiger partial charge in [-0.1, -0.05) is 41.4 Å². The van der Waals surface area contributed by atoms with E-state index in [2.05, 4.69) is 25.9 Å². The Bertz CT molecular complexity index is 602. The fraction of sp³-hybridized carbons (Fsp3) is 0.286. The third kappa shape index (κ3) is 3.25. The van der Waals surface area contributed by atoms with E-state index in [0.29, 0.717) is 11.0 Å². The molecule has 0 aliphatic heterocycles. The van der Waals surface area contributed by atoms with Crippen molar-refractivity contribution in [3.63, 3.8) is 0 Å². The zero-order valence-electron chi connectivity index (χ0n) is 10.9. The summed E-state index contributed by atoms with van der Waals surface area (Å²) in [5.41, 5.74) is 1.85. The highest BCUT2D eigenvalue weighted by Gasteiger charge is 2.16. The molecular formula is C14H14BrClN2O. The summed E-state index contributed by atoms with van der Waals surface area (Å²) >= 11 is 9.55. The van der Waals surface area contributed by atoms with Gasteiger partial charge in [0.05, 0.1) is 5.56 Å². The predicted molar refractivity (Wildman–Crippen MR) is 80.1 cm³/mol. The molecule has 0 unspecified atom stereocenters. The number of aromatic nitrogens is 2. The van der Waals surface area contributed by atoms with Crippen LogP contribution in [0.2, 0.25) is 5.15 Å². The van der Waals surface area contributed by atoms with Crippen LogP contribution in [-0.4, -0.2) is 9.97 Å². The van der Waals surface area contributed by atoms with E-state index in [-0.39, 0.29) is 5.92 Å². The lowest BCUT2D eigenvalue weighted by Crippen LogP contribution is -2.00. The van der Waals surface area contributed by atoms with Gasteiger partial charge in [-0.15, -0.1) is 0 Å². The monoisotopic (exact) mass is 340 g/mol. The second-order valence-electron chi connectivity index (χ2n) is 4.55. The fourth-order valence-corrected chi connectivity index (χ4v) is 2.58. The standard InChI is InChI=1S/C14H14BrClN2O/c1-8(2)12-13(16)17-7-18-14(12)19-11-5-4-10(15)6-9(11)3/h4-8H,1-3H3. The van der Waals surface area contributed by atoms with Gasteiger partial charge in [-0.05, 0) is 36.6 Å². The number of nitrogens with zero attached hydrogens (tertiary/aromatic N) is 2. The van der Waals surface area contributed by atoms with Crippen molar-refractivity contribution in [2.45, 2.75) is 26.7 Å². The smallest absolute Gasteiger partial charge is 0.227 e. The number of ether oxygens (including phenoxy) is 1. The van der Waals surface area contributed by atoms with Crippen molar-refractivity contribution in [1.29, 1.82) is 0 Å². The number of benzene rings is 1. The van der Waals surface area contributed by atoms with Crippen molar-refractivity contribution < 1.29 is 4.74 Å². The highest BCUT2D eigenvalue weighted by atomic mass is 79.9. The molecule has 1 aromatic carbocycles. The lowest BCUT2D eigenvalue weighted by molar-refractivity contribution is 0.448. The SMILES string of the molecule is Cc1cc(Br)ccc1Oc1ncnc(Cl)c1C(C)C. The molecule has 100 valence electrons. The van der Waals surface area contributed by atoms with Crippen LogP contribution in [0.3, 0.4) is 0 Å². The van der Waals surface area contributed by atoms with Gasteiger partial charge in [0.2, 0.25) is 5.88 Å². The average Bonchev–Trinajstić information content (AvgIpc) is 2.32. The Morgan fingerprint density at radius 3 is 2.63 bits per heavy atom. The van der Waals surface area contributed by atoms with Crippen LogP contribution in [0.15, 0.2) is 29.0 Å². The fourth-order valence-electron chi connectivity index (χ4n) is 1.76. The molecule has 0 fully saturated rings. The van der Waals surface area contributed by atoms with E-state index in [1.54, 1.807) is 0 Å². The Morgan fingerprint density at radius 2 is 2.00 bits per heavy atom. The van der Waals surface area contributed by atoms with E-state index in [0.717, 1.165) is 21.3 Å². The van der Waals surface area contributed by atoms with Crippen LogP contribution in [-0.2, 0) is 0 Å². The van der Waals surface area contributed by atoms with E-state index >= 15 is 0 Å². The molecule has 0 bridgehead atoms. The van der Waals surface area contributed by atoms with Crippen LogP contribution in [0.5, 0.6) is 11.6 Å². The first-order chi connectivity index (χ1) is 8.99. The molecule has 19 heavy (non-hydrogen) atoms. The molecule has 1 heterocycles. The third-order valence-corrected chi connectivity index (χ3v) is 3.51. The quantitative estimate of drug-likeness (QED) is 0.727.